The van der Waals surface area contributed by atoms with Gasteiger partial charge in [-0.3, -0.25) is 4.79 Å². The molecular weight excluding hydrogens is 396 g/mol. The molecule has 0 heterocycles. The van der Waals surface area contributed by atoms with E-state index in [0.29, 0.717) is 29.2 Å². The van der Waals surface area contributed by atoms with E-state index in [4.69, 9.17) is 31.1 Å². The van der Waals surface area contributed by atoms with Crippen LogP contribution in [0.1, 0.15) is 35.3 Å². The van der Waals surface area contributed by atoms with Crippen LogP contribution in [-0.4, -0.2) is 31.7 Å². The molecule has 0 radical (unpaired) electrons. The van der Waals surface area contributed by atoms with E-state index in [1.54, 1.807) is 24.3 Å². The maximum absolute atomic E-state index is 12.4. The molecule has 29 heavy (non-hydrogen) atoms. The molecule has 1 atom stereocenters. The molecule has 2 aromatic carbocycles. The largest absolute Gasteiger partial charge is 0.496 e. The Kier molecular flexibility index (Phi) is 8.01. The molecule has 0 aliphatic rings. The van der Waals surface area contributed by atoms with Crippen LogP contribution in [0.2, 0.25) is 5.02 Å². The second-order valence-corrected chi connectivity index (χ2v) is 6.41. The summed E-state index contributed by atoms with van der Waals surface area (Å²) in [6, 6.07) is 11.2. The molecular formula is C21H21ClN2O5. The highest BCUT2D eigenvalue weighted by Crippen LogP contribution is 2.22. The topological polar surface area (TPSA) is 97.6 Å². The number of halogens is 1. The summed E-state index contributed by atoms with van der Waals surface area (Å²) in [6.45, 7) is 4.14. The monoisotopic (exact) mass is 416 g/mol. The SMILES string of the molecule is CCOCc1cc(C(=O)O[C@H](C)C(=O)Nc2ccc(C#N)c(Cl)c2)ccc1OC. The predicted octanol–water partition coefficient (Wildman–Crippen LogP) is 3.94. The molecule has 0 bridgehead atoms. The number of carbonyl (C=O) groups is 2. The summed E-state index contributed by atoms with van der Waals surface area (Å²) in [5.41, 5.74) is 1.67. The fraction of sp³-hybridized carbons (Fsp3) is 0.286. The first-order chi connectivity index (χ1) is 13.9. The molecule has 7 nitrogen and oxygen atoms in total. The maximum atomic E-state index is 12.4. The van der Waals surface area contributed by atoms with Crippen LogP contribution < -0.4 is 10.1 Å². The number of nitrogens with zero attached hydrogens (tertiary/aromatic N) is 1. The molecule has 1 N–H and O–H groups in total. The number of nitrogens with one attached hydrogen (secondary N) is 1. The number of benzene rings is 2. The number of hydrogen-bond donors (Lipinski definition) is 1. The van der Waals surface area contributed by atoms with E-state index in [9.17, 15) is 9.59 Å². The van der Waals surface area contributed by atoms with Crippen LogP contribution in [0.25, 0.3) is 0 Å². The summed E-state index contributed by atoms with van der Waals surface area (Å²) < 4.78 is 15.9. The van der Waals surface area contributed by atoms with Gasteiger partial charge in [0.15, 0.2) is 6.10 Å². The van der Waals surface area contributed by atoms with E-state index in [0.717, 1.165) is 0 Å². The molecule has 0 saturated carbocycles. The lowest BCUT2D eigenvalue weighted by atomic mass is 10.1. The van der Waals surface area contributed by atoms with E-state index in [1.807, 2.05) is 13.0 Å². The molecule has 0 aliphatic carbocycles. The molecule has 0 spiro atoms. The summed E-state index contributed by atoms with van der Waals surface area (Å²) in [4.78, 5) is 24.8. The molecule has 2 rings (SSSR count). The van der Waals surface area contributed by atoms with Gasteiger partial charge < -0.3 is 19.5 Å². The first-order valence-corrected chi connectivity index (χ1v) is 9.23. The van der Waals surface area contributed by atoms with Gasteiger partial charge in [0.05, 0.1) is 29.9 Å². The van der Waals surface area contributed by atoms with Crippen molar-refractivity contribution in [3.05, 3.63) is 58.1 Å². The van der Waals surface area contributed by atoms with Gasteiger partial charge in [0, 0.05) is 17.9 Å². The van der Waals surface area contributed by atoms with Gasteiger partial charge in [0.1, 0.15) is 11.8 Å². The fourth-order valence-electron chi connectivity index (χ4n) is 2.44. The molecule has 0 fully saturated rings. The zero-order valence-electron chi connectivity index (χ0n) is 16.3. The Balaban J connectivity index is 2.05. The van der Waals surface area contributed by atoms with Gasteiger partial charge >= 0.3 is 5.97 Å². The minimum absolute atomic E-state index is 0.218. The van der Waals surface area contributed by atoms with Crippen LogP contribution in [0.3, 0.4) is 0 Å². The lowest BCUT2D eigenvalue weighted by Crippen LogP contribution is -2.30. The number of hydrogen-bond acceptors (Lipinski definition) is 6. The maximum Gasteiger partial charge on any atom is 0.338 e. The zero-order chi connectivity index (χ0) is 21.4. The lowest BCUT2D eigenvalue weighted by molar-refractivity contribution is -0.123. The van der Waals surface area contributed by atoms with Gasteiger partial charge in [-0.2, -0.15) is 5.26 Å². The van der Waals surface area contributed by atoms with Gasteiger partial charge in [-0.1, -0.05) is 11.6 Å². The van der Waals surface area contributed by atoms with Crippen molar-refractivity contribution >= 4 is 29.2 Å². The normalized spacial score (nSPS) is 11.3. The van der Waals surface area contributed by atoms with Crippen LogP contribution in [0.5, 0.6) is 5.75 Å². The number of nitriles is 1. The fourth-order valence-corrected chi connectivity index (χ4v) is 2.66. The smallest absolute Gasteiger partial charge is 0.338 e. The Bertz CT molecular complexity index is 939. The first kappa shape index (κ1) is 22.2. The Morgan fingerprint density at radius 3 is 2.62 bits per heavy atom. The van der Waals surface area contributed by atoms with Crippen molar-refractivity contribution in [1.29, 1.82) is 5.26 Å². The van der Waals surface area contributed by atoms with Crippen LogP contribution in [0, 0.1) is 11.3 Å². The third-order valence-electron chi connectivity index (χ3n) is 3.99. The average Bonchev–Trinajstić information content (AvgIpc) is 2.71. The van der Waals surface area contributed by atoms with Gasteiger partial charge in [-0.05, 0) is 50.2 Å². The number of carbonyl (C=O) groups excluding carboxylic acids is 2. The Hall–Kier alpha value is -3.08. The summed E-state index contributed by atoms with van der Waals surface area (Å²) in [5.74, 6) is -0.577. The lowest BCUT2D eigenvalue weighted by Gasteiger charge is -2.15. The van der Waals surface area contributed by atoms with Crippen molar-refractivity contribution in [3.63, 3.8) is 0 Å². The van der Waals surface area contributed by atoms with E-state index >= 15 is 0 Å². The third-order valence-corrected chi connectivity index (χ3v) is 4.30. The van der Waals surface area contributed by atoms with Crippen LogP contribution in [0.4, 0.5) is 5.69 Å². The Morgan fingerprint density at radius 1 is 1.24 bits per heavy atom. The number of amides is 1. The standard InChI is InChI=1S/C21H21ClN2O5/c1-4-28-12-16-9-14(6-8-19(16)27-3)21(26)29-13(2)20(25)24-17-7-5-15(11-23)18(22)10-17/h5-10,13H,4,12H2,1-3H3,(H,24,25)/t13-/m1/s1. The highest BCUT2D eigenvalue weighted by Gasteiger charge is 2.20. The third kappa shape index (κ3) is 5.95. The summed E-state index contributed by atoms with van der Waals surface area (Å²) >= 11 is 5.95. The van der Waals surface area contributed by atoms with E-state index < -0.39 is 18.0 Å². The molecule has 1 amide bonds. The molecule has 0 saturated heterocycles. The van der Waals surface area contributed by atoms with E-state index in [-0.39, 0.29) is 17.2 Å². The molecule has 2 aromatic rings. The Labute approximate surface area is 174 Å². The second-order valence-electron chi connectivity index (χ2n) is 6.01. The molecule has 0 unspecified atom stereocenters. The van der Waals surface area contributed by atoms with Gasteiger partial charge in [0.2, 0.25) is 0 Å². The van der Waals surface area contributed by atoms with Crippen LogP contribution in [-0.2, 0) is 20.9 Å². The molecule has 0 aromatic heterocycles. The van der Waals surface area contributed by atoms with Gasteiger partial charge in [-0.15, -0.1) is 0 Å². The van der Waals surface area contributed by atoms with Crippen molar-refractivity contribution in [2.45, 2.75) is 26.6 Å². The second kappa shape index (κ2) is 10.5. The zero-order valence-corrected chi connectivity index (χ0v) is 17.1. The summed E-state index contributed by atoms with van der Waals surface area (Å²) in [7, 11) is 1.53. The predicted molar refractivity (Wildman–Crippen MR) is 108 cm³/mol. The number of rotatable bonds is 8. The minimum atomic E-state index is -1.05. The minimum Gasteiger partial charge on any atom is -0.496 e. The van der Waals surface area contributed by atoms with E-state index in [1.165, 1.54) is 26.2 Å². The highest BCUT2D eigenvalue weighted by molar-refractivity contribution is 6.32. The van der Waals surface area contributed by atoms with Crippen molar-refractivity contribution in [2.75, 3.05) is 19.0 Å². The molecule has 0 aliphatic heterocycles. The molecule has 8 heteroatoms. The van der Waals surface area contributed by atoms with E-state index in [2.05, 4.69) is 5.32 Å². The highest BCUT2D eigenvalue weighted by atomic mass is 35.5. The van der Waals surface area contributed by atoms with Crippen LogP contribution >= 0.6 is 11.6 Å². The van der Waals surface area contributed by atoms with Crippen molar-refractivity contribution in [3.8, 4) is 11.8 Å². The Morgan fingerprint density at radius 2 is 2.00 bits per heavy atom. The van der Waals surface area contributed by atoms with Crippen molar-refractivity contribution < 1.29 is 23.8 Å². The van der Waals surface area contributed by atoms with Gasteiger partial charge in [0.25, 0.3) is 5.91 Å². The summed E-state index contributed by atoms with van der Waals surface area (Å²) in [5, 5.41) is 11.7. The number of anilines is 1. The van der Waals surface area contributed by atoms with Crippen molar-refractivity contribution in [1.82, 2.24) is 0 Å². The van der Waals surface area contributed by atoms with Crippen molar-refractivity contribution in [2.24, 2.45) is 0 Å². The number of methoxy groups -OCH3 is 1. The average molecular weight is 417 g/mol. The molecule has 152 valence electrons. The van der Waals surface area contributed by atoms with Crippen LogP contribution in [0.15, 0.2) is 36.4 Å². The first-order valence-electron chi connectivity index (χ1n) is 8.85. The summed E-state index contributed by atoms with van der Waals surface area (Å²) in [6.07, 6.45) is -1.05. The number of ether oxygens (including phenoxy) is 3. The quantitative estimate of drug-likeness (QED) is 0.654. The number of esters is 1. The van der Waals surface area contributed by atoms with Gasteiger partial charge in [-0.25, -0.2) is 4.79 Å².